The molecule has 0 bridgehead atoms. The Morgan fingerprint density at radius 3 is 2.64 bits per heavy atom. The van der Waals surface area contributed by atoms with Gasteiger partial charge in [-0.15, -0.1) is 0 Å². The first-order valence-corrected chi connectivity index (χ1v) is 9.17. The molecule has 0 aliphatic carbocycles. The summed E-state index contributed by atoms with van der Waals surface area (Å²) in [6, 6.07) is 17.8. The van der Waals surface area contributed by atoms with Crippen LogP contribution in [0.4, 0.5) is 0 Å². The van der Waals surface area contributed by atoms with Crippen LogP contribution in [0.15, 0.2) is 54.6 Å². The lowest BCUT2D eigenvalue weighted by molar-refractivity contribution is 0.115. The number of nitrogens with one attached hydrogen (secondary N) is 1. The number of pyridine rings is 1. The van der Waals surface area contributed by atoms with E-state index in [0.29, 0.717) is 5.02 Å². The number of nitrogens with zero attached hydrogens (tertiary/aromatic N) is 1. The standard InChI is InChI=1S/C21H21ClN2O/c22-15-10-8-14(9-11-15)20-13-17(16-5-1-2-6-18(16)24-20)21(25)19-7-3-4-12-23-19/h1-2,5-6,8-11,13,19,21,23,25H,3-4,7,12H2/t19-,21+/m1/s1. The second-order valence-corrected chi connectivity index (χ2v) is 7.06. The Morgan fingerprint density at radius 1 is 1.08 bits per heavy atom. The van der Waals surface area contributed by atoms with Gasteiger partial charge in [0.2, 0.25) is 0 Å². The van der Waals surface area contributed by atoms with Crippen LogP contribution in [0.25, 0.3) is 22.2 Å². The van der Waals surface area contributed by atoms with Gasteiger partial charge < -0.3 is 10.4 Å². The summed E-state index contributed by atoms with van der Waals surface area (Å²) >= 11 is 6.01. The van der Waals surface area contributed by atoms with E-state index < -0.39 is 6.10 Å². The molecule has 1 aliphatic rings. The van der Waals surface area contributed by atoms with Gasteiger partial charge in [0.25, 0.3) is 0 Å². The van der Waals surface area contributed by atoms with E-state index in [4.69, 9.17) is 16.6 Å². The number of aliphatic hydroxyl groups excluding tert-OH is 1. The number of hydrogen-bond donors (Lipinski definition) is 2. The van der Waals surface area contributed by atoms with Crippen molar-refractivity contribution in [3.8, 4) is 11.3 Å². The van der Waals surface area contributed by atoms with Gasteiger partial charge in [-0.3, -0.25) is 0 Å². The molecule has 25 heavy (non-hydrogen) atoms. The van der Waals surface area contributed by atoms with E-state index in [1.807, 2.05) is 54.6 Å². The molecule has 1 aromatic heterocycles. The maximum Gasteiger partial charge on any atom is 0.0950 e. The Bertz CT molecular complexity index is 873. The molecule has 1 aliphatic heterocycles. The fourth-order valence-electron chi connectivity index (χ4n) is 3.58. The van der Waals surface area contributed by atoms with E-state index in [9.17, 15) is 5.11 Å². The van der Waals surface area contributed by atoms with Gasteiger partial charge in [-0.2, -0.15) is 0 Å². The zero-order valence-corrected chi connectivity index (χ0v) is 14.7. The lowest BCUT2D eigenvalue weighted by Gasteiger charge is -2.29. The Balaban J connectivity index is 1.82. The molecular formula is C21H21ClN2O. The van der Waals surface area contributed by atoms with Crippen LogP contribution in [0.3, 0.4) is 0 Å². The van der Waals surface area contributed by atoms with Crippen LogP contribution in [0.2, 0.25) is 5.02 Å². The van der Waals surface area contributed by atoms with E-state index in [1.165, 1.54) is 6.42 Å². The number of rotatable bonds is 3. The van der Waals surface area contributed by atoms with Crippen LogP contribution in [-0.4, -0.2) is 22.7 Å². The van der Waals surface area contributed by atoms with Crippen LogP contribution in [0, 0.1) is 0 Å². The van der Waals surface area contributed by atoms with Crippen molar-refractivity contribution in [2.45, 2.75) is 31.4 Å². The summed E-state index contributed by atoms with van der Waals surface area (Å²) in [5, 5.41) is 16.2. The molecule has 128 valence electrons. The van der Waals surface area contributed by atoms with E-state index in [2.05, 4.69) is 5.32 Å². The smallest absolute Gasteiger partial charge is 0.0950 e. The van der Waals surface area contributed by atoms with Crippen molar-refractivity contribution in [1.82, 2.24) is 10.3 Å². The molecule has 2 N–H and O–H groups in total. The summed E-state index contributed by atoms with van der Waals surface area (Å²) in [7, 11) is 0. The molecule has 4 heteroatoms. The quantitative estimate of drug-likeness (QED) is 0.716. The van der Waals surface area contributed by atoms with E-state index in [0.717, 1.165) is 47.1 Å². The second kappa shape index (κ2) is 7.12. The molecule has 0 radical (unpaired) electrons. The molecule has 1 saturated heterocycles. The van der Waals surface area contributed by atoms with Gasteiger partial charge in [-0.05, 0) is 49.2 Å². The van der Waals surface area contributed by atoms with Gasteiger partial charge in [0.05, 0.1) is 17.3 Å². The summed E-state index contributed by atoms with van der Waals surface area (Å²) in [4.78, 5) is 4.79. The first-order chi connectivity index (χ1) is 12.2. The summed E-state index contributed by atoms with van der Waals surface area (Å²) in [5.41, 5.74) is 3.70. The summed E-state index contributed by atoms with van der Waals surface area (Å²) in [6.45, 7) is 0.967. The number of para-hydroxylation sites is 1. The molecule has 1 fully saturated rings. The molecule has 4 rings (SSSR count). The highest BCUT2D eigenvalue weighted by Gasteiger charge is 2.25. The van der Waals surface area contributed by atoms with Gasteiger partial charge in [0, 0.05) is 22.0 Å². The predicted octanol–water partition coefficient (Wildman–Crippen LogP) is 4.73. The van der Waals surface area contributed by atoms with Crippen LogP contribution in [0.5, 0.6) is 0 Å². The third-order valence-electron chi connectivity index (χ3n) is 4.94. The largest absolute Gasteiger partial charge is 0.387 e. The van der Waals surface area contributed by atoms with E-state index in [1.54, 1.807) is 0 Å². The number of halogens is 1. The van der Waals surface area contributed by atoms with E-state index in [-0.39, 0.29) is 6.04 Å². The zero-order chi connectivity index (χ0) is 17.2. The lowest BCUT2D eigenvalue weighted by atomic mass is 9.92. The molecule has 0 unspecified atom stereocenters. The maximum absolute atomic E-state index is 11.0. The van der Waals surface area contributed by atoms with Crippen LogP contribution in [-0.2, 0) is 0 Å². The van der Waals surface area contributed by atoms with Crippen molar-refractivity contribution in [3.05, 3.63) is 65.2 Å². The molecule has 0 saturated carbocycles. The van der Waals surface area contributed by atoms with Gasteiger partial charge in [0.1, 0.15) is 0 Å². The SMILES string of the molecule is O[C@@H](c1cc(-c2ccc(Cl)cc2)nc2ccccc12)[C@H]1CCCCN1. The van der Waals surface area contributed by atoms with Gasteiger partial charge in [-0.25, -0.2) is 4.98 Å². The fraction of sp³-hybridized carbons (Fsp3) is 0.286. The summed E-state index contributed by atoms with van der Waals surface area (Å²) in [6.07, 6.45) is 2.78. The van der Waals surface area contributed by atoms with Crippen LogP contribution >= 0.6 is 11.6 Å². The van der Waals surface area contributed by atoms with Crippen molar-refractivity contribution in [2.24, 2.45) is 0 Å². The predicted molar refractivity (Wildman–Crippen MR) is 103 cm³/mol. The Labute approximate surface area is 152 Å². The molecule has 0 amide bonds. The van der Waals surface area contributed by atoms with Crippen LogP contribution in [0.1, 0.15) is 30.9 Å². The monoisotopic (exact) mass is 352 g/mol. The highest BCUT2D eigenvalue weighted by atomic mass is 35.5. The Morgan fingerprint density at radius 2 is 1.88 bits per heavy atom. The van der Waals surface area contributed by atoms with Crippen molar-refractivity contribution < 1.29 is 5.11 Å². The molecule has 3 aromatic rings. The normalized spacial score (nSPS) is 19.0. The Hall–Kier alpha value is -1.94. The molecule has 3 nitrogen and oxygen atoms in total. The lowest BCUT2D eigenvalue weighted by Crippen LogP contribution is -2.38. The first-order valence-electron chi connectivity index (χ1n) is 8.79. The average molecular weight is 353 g/mol. The minimum Gasteiger partial charge on any atom is -0.387 e. The molecule has 0 spiro atoms. The number of benzene rings is 2. The number of aliphatic hydroxyl groups is 1. The number of fused-ring (bicyclic) bond motifs is 1. The van der Waals surface area contributed by atoms with Crippen molar-refractivity contribution in [2.75, 3.05) is 6.54 Å². The van der Waals surface area contributed by atoms with Crippen molar-refractivity contribution in [3.63, 3.8) is 0 Å². The fourth-order valence-corrected chi connectivity index (χ4v) is 3.71. The topological polar surface area (TPSA) is 45.2 Å². The van der Waals surface area contributed by atoms with Gasteiger partial charge in [-0.1, -0.05) is 48.4 Å². The maximum atomic E-state index is 11.0. The summed E-state index contributed by atoms with van der Waals surface area (Å²) < 4.78 is 0. The number of hydrogen-bond acceptors (Lipinski definition) is 3. The highest BCUT2D eigenvalue weighted by molar-refractivity contribution is 6.30. The van der Waals surface area contributed by atoms with Crippen molar-refractivity contribution >= 4 is 22.5 Å². The molecule has 2 aromatic carbocycles. The minimum atomic E-state index is -0.542. The summed E-state index contributed by atoms with van der Waals surface area (Å²) in [5.74, 6) is 0. The number of aromatic nitrogens is 1. The minimum absolute atomic E-state index is 0.0950. The van der Waals surface area contributed by atoms with Crippen molar-refractivity contribution in [1.29, 1.82) is 0 Å². The number of piperidine rings is 1. The highest BCUT2D eigenvalue weighted by Crippen LogP contribution is 2.32. The zero-order valence-electron chi connectivity index (χ0n) is 14.0. The average Bonchev–Trinajstić information content (AvgIpc) is 2.68. The third kappa shape index (κ3) is 3.40. The molecule has 2 atom stereocenters. The third-order valence-corrected chi connectivity index (χ3v) is 5.19. The first kappa shape index (κ1) is 16.5. The van der Waals surface area contributed by atoms with E-state index >= 15 is 0 Å². The Kier molecular flexibility index (Phi) is 4.71. The van der Waals surface area contributed by atoms with Gasteiger partial charge >= 0.3 is 0 Å². The molecular weight excluding hydrogens is 332 g/mol. The van der Waals surface area contributed by atoms with Gasteiger partial charge in [0.15, 0.2) is 0 Å². The second-order valence-electron chi connectivity index (χ2n) is 6.62. The molecule has 2 heterocycles. The van der Waals surface area contributed by atoms with Crippen LogP contribution < -0.4 is 5.32 Å².